The number of benzene rings is 1. The van der Waals surface area contributed by atoms with E-state index in [0.29, 0.717) is 30.0 Å². The van der Waals surface area contributed by atoms with Gasteiger partial charge in [0, 0.05) is 12.1 Å². The van der Waals surface area contributed by atoms with Gasteiger partial charge >= 0.3 is 6.03 Å². The molecular formula is C15H20N4O3. The molecule has 0 aliphatic rings. The molecule has 1 heterocycles. The maximum absolute atomic E-state index is 11.6. The third-order valence-electron chi connectivity index (χ3n) is 2.85. The van der Waals surface area contributed by atoms with E-state index in [2.05, 4.69) is 20.8 Å². The molecular weight excluding hydrogens is 284 g/mol. The Morgan fingerprint density at radius 2 is 2.14 bits per heavy atom. The second kappa shape index (κ2) is 7.44. The van der Waals surface area contributed by atoms with Crippen molar-refractivity contribution in [2.75, 3.05) is 13.7 Å². The number of methoxy groups -OCH3 is 1. The highest BCUT2D eigenvalue weighted by atomic mass is 16.5. The van der Waals surface area contributed by atoms with Crippen molar-refractivity contribution in [3.63, 3.8) is 0 Å². The van der Waals surface area contributed by atoms with E-state index in [0.717, 1.165) is 5.56 Å². The molecule has 2 aromatic rings. The normalized spacial score (nSPS) is 10.5. The van der Waals surface area contributed by atoms with E-state index in [9.17, 15) is 4.79 Å². The summed E-state index contributed by atoms with van der Waals surface area (Å²) >= 11 is 0. The molecule has 118 valence electrons. The van der Waals surface area contributed by atoms with Crippen molar-refractivity contribution >= 4 is 6.03 Å². The summed E-state index contributed by atoms with van der Waals surface area (Å²) in [5.74, 6) is 1.84. The first-order chi connectivity index (χ1) is 10.6. The molecule has 1 aromatic heterocycles. The Bertz CT molecular complexity index is 625. The second-order valence-electron chi connectivity index (χ2n) is 5.19. The average Bonchev–Trinajstić information content (AvgIpc) is 3.00. The van der Waals surface area contributed by atoms with E-state index in [1.165, 1.54) is 0 Å². The van der Waals surface area contributed by atoms with Crippen molar-refractivity contribution < 1.29 is 13.9 Å². The number of carbonyl (C=O) groups is 1. The van der Waals surface area contributed by atoms with E-state index in [1.807, 2.05) is 32.0 Å². The van der Waals surface area contributed by atoms with Gasteiger partial charge in [0.2, 0.25) is 11.8 Å². The fourth-order valence-electron chi connectivity index (χ4n) is 1.71. The van der Waals surface area contributed by atoms with E-state index in [4.69, 9.17) is 9.15 Å². The number of nitrogens with one attached hydrogen (secondary N) is 2. The van der Waals surface area contributed by atoms with Crippen LogP contribution in [0.2, 0.25) is 0 Å². The lowest BCUT2D eigenvalue weighted by Crippen LogP contribution is -2.37. The van der Waals surface area contributed by atoms with Gasteiger partial charge in [0.15, 0.2) is 0 Å². The lowest BCUT2D eigenvalue weighted by Gasteiger charge is -2.07. The molecule has 0 aliphatic carbocycles. The van der Waals surface area contributed by atoms with Gasteiger partial charge in [0.25, 0.3) is 0 Å². The zero-order valence-corrected chi connectivity index (χ0v) is 12.9. The Labute approximate surface area is 129 Å². The first-order valence-electron chi connectivity index (χ1n) is 7.07. The summed E-state index contributed by atoms with van der Waals surface area (Å²) in [4.78, 5) is 11.6. The smallest absolute Gasteiger partial charge is 0.315 e. The molecule has 2 rings (SSSR count). The number of aromatic nitrogens is 2. The third kappa shape index (κ3) is 4.47. The van der Waals surface area contributed by atoms with Crippen LogP contribution in [0.25, 0.3) is 11.5 Å². The van der Waals surface area contributed by atoms with Crippen LogP contribution in [0.1, 0.15) is 19.7 Å². The number of urea groups is 1. The number of carbonyl (C=O) groups excluding carboxylic acids is 1. The third-order valence-corrected chi connectivity index (χ3v) is 2.85. The molecule has 2 N–H and O–H groups in total. The van der Waals surface area contributed by atoms with Gasteiger partial charge < -0.3 is 19.8 Å². The molecule has 1 aromatic carbocycles. The van der Waals surface area contributed by atoms with Gasteiger partial charge in [-0.05, 0) is 24.1 Å². The van der Waals surface area contributed by atoms with Crippen LogP contribution < -0.4 is 15.4 Å². The molecule has 0 aliphatic heterocycles. The highest BCUT2D eigenvalue weighted by Crippen LogP contribution is 2.22. The molecule has 0 radical (unpaired) electrons. The monoisotopic (exact) mass is 304 g/mol. The van der Waals surface area contributed by atoms with Crippen LogP contribution in [0.4, 0.5) is 4.79 Å². The van der Waals surface area contributed by atoms with Crippen molar-refractivity contribution in [2.45, 2.75) is 20.4 Å². The van der Waals surface area contributed by atoms with E-state index in [-0.39, 0.29) is 12.6 Å². The van der Waals surface area contributed by atoms with Gasteiger partial charge in [0.05, 0.1) is 13.7 Å². The van der Waals surface area contributed by atoms with Crippen LogP contribution in [-0.4, -0.2) is 29.9 Å². The lowest BCUT2D eigenvalue weighted by molar-refractivity contribution is 0.238. The van der Waals surface area contributed by atoms with Gasteiger partial charge in [-0.1, -0.05) is 19.9 Å². The fraction of sp³-hybridized carbons (Fsp3) is 0.400. The molecule has 0 unspecified atom stereocenters. The Morgan fingerprint density at radius 3 is 2.86 bits per heavy atom. The minimum absolute atomic E-state index is 0.181. The molecule has 0 bridgehead atoms. The number of amides is 2. The molecule has 7 nitrogen and oxygen atoms in total. The zero-order valence-electron chi connectivity index (χ0n) is 12.9. The van der Waals surface area contributed by atoms with Crippen molar-refractivity contribution in [3.05, 3.63) is 30.2 Å². The quantitative estimate of drug-likeness (QED) is 0.854. The molecule has 2 amide bonds. The van der Waals surface area contributed by atoms with E-state index >= 15 is 0 Å². The summed E-state index contributed by atoms with van der Waals surface area (Å²) in [6.45, 7) is 4.85. The largest absolute Gasteiger partial charge is 0.497 e. The minimum Gasteiger partial charge on any atom is -0.497 e. The van der Waals surface area contributed by atoms with Crippen LogP contribution in [0.15, 0.2) is 28.7 Å². The van der Waals surface area contributed by atoms with Crippen LogP contribution in [0.3, 0.4) is 0 Å². The maximum atomic E-state index is 11.6. The Hall–Kier alpha value is -2.57. The number of ether oxygens (including phenoxy) is 1. The average molecular weight is 304 g/mol. The maximum Gasteiger partial charge on any atom is 0.315 e. The van der Waals surface area contributed by atoms with E-state index in [1.54, 1.807) is 13.2 Å². The number of hydrogen-bond acceptors (Lipinski definition) is 5. The molecule has 7 heteroatoms. The van der Waals surface area contributed by atoms with Gasteiger partial charge in [-0.25, -0.2) is 4.79 Å². The van der Waals surface area contributed by atoms with Crippen LogP contribution in [0.5, 0.6) is 5.75 Å². The zero-order chi connectivity index (χ0) is 15.9. The first kappa shape index (κ1) is 15.8. The lowest BCUT2D eigenvalue weighted by atomic mass is 10.2. The van der Waals surface area contributed by atoms with Crippen molar-refractivity contribution in [2.24, 2.45) is 5.92 Å². The summed E-state index contributed by atoms with van der Waals surface area (Å²) in [5.41, 5.74) is 0.766. The Kier molecular flexibility index (Phi) is 5.35. The topological polar surface area (TPSA) is 89.3 Å². The van der Waals surface area contributed by atoms with Gasteiger partial charge in [-0.2, -0.15) is 0 Å². The second-order valence-corrected chi connectivity index (χ2v) is 5.19. The fourth-order valence-corrected chi connectivity index (χ4v) is 1.71. The highest BCUT2D eigenvalue weighted by Gasteiger charge is 2.10. The van der Waals surface area contributed by atoms with Gasteiger partial charge in [-0.3, -0.25) is 0 Å². The molecule has 0 spiro atoms. The highest BCUT2D eigenvalue weighted by molar-refractivity contribution is 5.73. The standard InChI is InChI=1S/C15H20N4O3/c1-10(2)8-16-15(20)17-9-13-18-19-14(22-13)11-5-4-6-12(7-11)21-3/h4-7,10H,8-9H2,1-3H3,(H2,16,17,20). The number of hydrogen-bond donors (Lipinski definition) is 2. The van der Waals surface area contributed by atoms with Crippen LogP contribution >= 0.6 is 0 Å². The van der Waals surface area contributed by atoms with Crippen molar-refractivity contribution in [3.8, 4) is 17.2 Å². The number of nitrogens with zero attached hydrogens (tertiary/aromatic N) is 2. The summed E-state index contributed by atoms with van der Waals surface area (Å²) < 4.78 is 10.7. The molecule has 0 fully saturated rings. The predicted octanol–water partition coefficient (Wildman–Crippen LogP) is 2.20. The molecule has 0 saturated carbocycles. The van der Waals surface area contributed by atoms with Crippen molar-refractivity contribution in [1.82, 2.24) is 20.8 Å². The molecule has 0 saturated heterocycles. The number of rotatable bonds is 6. The molecule has 22 heavy (non-hydrogen) atoms. The summed E-state index contributed by atoms with van der Waals surface area (Å²) in [6, 6.07) is 7.08. The summed E-state index contributed by atoms with van der Waals surface area (Å²) in [5, 5.41) is 13.3. The minimum atomic E-state index is -0.255. The predicted molar refractivity (Wildman–Crippen MR) is 81.4 cm³/mol. The van der Waals surface area contributed by atoms with Crippen molar-refractivity contribution in [1.29, 1.82) is 0 Å². The van der Waals surface area contributed by atoms with Gasteiger partial charge in [0.1, 0.15) is 5.75 Å². The molecule has 0 atom stereocenters. The Morgan fingerprint density at radius 1 is 1.32 bits per heavy atom. The summed E-state index contributed by atoms with van der Waals surface area (Å²) in [7, 11) is 1.60. The first-order valence-corrected chi connectivity index (χ1v) is 7.07. The van der Waals surface area contributed by atoms with E-state index < -0.39 is 0 Å². The SMILES string of the molecule is COc1cccc(-c2nnc(CNC(=O)NCC(C)C)o2)c1. The van der Waals surface area contributed by atoms with Crippen LogP contribution in [-0.2, 0) is 6.54 Å². The van der Waals surface area contributed by atoms with Gasteiger partial charge in [-0.15, -0.1) is 10.2 Å². The van der Waals surface area contributed by atoms with Crippen LogP contribution in [0, 0.1) is 5.92 Å². The summed E-state index contributed by atoms with van der Waals surface area (Å²) in [6.07, 6.45) is 0. The Balaban J connectivity index is 1.92.